The number of esters is 1. The number of nitrogen functional groups attached to an aromatic ring is 1. The molecule has 1 fully saturated rings. The van der Waals surface area contributed by atoms with Crippen LogP contribution in [0.2, 0.25) is 0 Å². The molecule has 0 aliphatic carbocycles. The van der Waals surface area contributed by atoms with Crippen LogP contribution in [0.5, 0.6) is 5.75 Å². The summed E-state index contributed by atoms with van der Waals surface area (Å²) in [6.45, 7) is 0.0650. The molecule has 0 bridgehead atoms. The van der Waals surface area contributed by atoms with Crippen LogP contribution in [0.4, 0.5) is 5.69 Å². The number of hydrogen-bond donors (Lipinski definition) is 3. The van der Waals surface area contributed by atoms with Gasteiger partial charge in [0.1, 0.15) is 18.0 Å². The van der Waals surface area contributed by atoms with Gasteiger partial charge in [-0.1, -0.05) is 0 Å². The molecule has 0 amide bonds. The number of carboxylic acid groups (broad SMARTS) is 1. The zero-order valence-corrected chi connectivity index (χ0v) is 12.4. The van der Waals surface area contributed by atoms with Crippen LogP contribution >= 0.6 is 0 Å². The van der Waals surface area contributed by atoms with E-state index >= 15 is 0 Å². The predicted octanol–water partition coefficient (Wildman–Crippen LogP) is 0.531. The minimum atomic E-state index is -1.07. The van der Waals surface area contributed by atoms with Crippen molar-refractivity contribution in [2.75, 3.05) is 12.3 Å². The molecule has 8 nitrogen and oxygen atoms in total. The molecule has 3 atom stereocenters. The normalized spacial score (nSPS) is 24.0. The van der Waals surface area contributed by atoms with E-state index < -0.39 is 30.4 Å². The molecule has 126 valence electrons. The molecule has 1 aliphatic rings. The first kappa shape index (κ1) is 17.0. The van der Waals surface area contributed by atoms with Crippen molar-refractivity contribution in [3.63, 3.8) is 0 Å². The van der Waals surface area contributed by atoms with Crippen molar-refractivity contribution in [3.05, 3.63) is 24.3 Å². The summed E-state index contributed by atoms with van der Waals surface area (Å²) in [4.78, 5) is 21.8. The number of carbonyl (C=O) groups is 2. The van der Waals surface area contributed by atoms with Gasteiger partial charge in [-0.25, -0.2) is 0 Å². The van der Waals surface area contributed by atoms with Crippen molar-refractivity contribution in [2.45, 2.75) is 37.8 Å². The number of carbonyl (C=O) groups excluding carboxylic acids is 1. The Morgan fingerprint density at radius 1 is 1.26 bits per heavy atom. The molecule has 1 aromatic carbocycles. The van der Waals surface area contributed by atoms with Gasteiger partial charge in [0.25, 0.3) is 0 Å². The summed E-state index contributed by atoms with van der Waals surface area (Å²) in [6.07, 6.45) is -2.83. The lowest BCUT2D eigenvalue weighted by Crippen LogP contribution is -2.45. The van der Waals surface area contributed by atoms with Crippen molar-refractivity contribution >= 4 is 17.6 Å². The van der Waals surface area contributed by atoms with E-state index in [-0.39, 0.29) is 25.9 Å². The maximum atomic E-state index is 11.5. The number of benzene rings is 1. The van der Waals surface area contributed by atoms with E-state index in [0.29, 0.717) is 11.4 Å². The van der Waals surface area contributed by atoms with Crippen molar-refractivity contribution in [3.8, 4) is 5.75 Å². The number of aliphatic hydroxyl groups is 1. The zero-order valence-electron chi connectivity index (χ0n) is 12.4. The molecule has 0 aromatic heterocycles. The largest absolute Gasteiger partial charge is 0.481 e. The van der Waals surface area contributed by atoms with Gasteiger partial charge in [-0.15, -0.1) is 0 Å². The van der Waals surface area contributed by atoms with E-state index in [4.69, 9.17) is 25.1 Å². The van der Waals surface area contributed by atoms with E-state index in [2.05, 4.69) is 0 Å². The number of rotatable bonds is 6. The third kappa shape index (κ3) is 5.42. The Hall–Kier alpha value is -2.32. The third-order valence-corrected chi connectivity index (χ3v) is 3.24. The first-order valence-electron chi connectivity index (χ1n) is 7.17. The molecule has 0 radical (unpaired) electrons. The highest BCUT2D eigenvalue weighted by molar-refractivity contribution is 5.76. The summed E-state index contributed by atoms with van der Waals surface area (Å²) in [5.41, 5.74) is 6.17. The standard InChI is InChI=1S/C15H19NO7/c16-9-1-3-10(4-2-9)23-15-12(17)7-11(8-21-15)22-14(20)6-5-13(18)19/h1-4,11-12,15,17H,5-8,16H2,(H,18,19)/t11-,12-,15+/m0/s1. The van der Waals surface area contributed by atoms with Gasteiger partial charge < -0.3 is 30.2 Å². The number of nitrogens with two attached hydrogens (primary N) is 1. The maximum Gasteiger partial charge on any atom is 0.306 e. The first-order chi connectivity index (χ1) is 10.9. The Labute approximate surface area is 132 Å². The third-order valence-electron chi connectivity index (χ3n) is 3.24. The van der Waals surface area contributed by atoms with E-state index in [9.17, 15) is 14.7 Å². The fraction of sp³-hybridized carbons (Fsp3) is 0.467. The van der Waals surface area contributed by atoms with Crippen LogP contribution in [0, 0.1) is 0 Å². The Kier molecular flexibility index (Phi) is 5.78. The second-order valence-corrected chi connectivity index (χ2v) is 5.20. The average molecular weight is 325 g/mol. The Morgan fingerprint density at radius 3 is 2.57 bits per heavy atom. The van der Waals surface area contributed by atoms with Crippen molar-refractivity contribution < 1.29 is 34.0 Å². The van der Waals surface area contributed by atoms with Crippen molar-refractivity contribution in [1.29, 1.82) is 0 Å². The topological polar surface area (TPSA) is 128 Å². The molecule has 1 aliphatic heterocycles. The molecule has 1 saturated heterocycles. The highest BCUT2D eigenvalue weighted by atomic mass is 16.7. The van der Waals surface area contributed by atoms with Gasteiger partial charge in [-0.2, -0.15) is 0 Å². The number of aliphatic carboxylic acids is 1. The lowest BCUT2D eigenvalue weighted by Gasteiger charge is -2.32. The van der Waals surface area contributed by atoms with Crippen LogP contribution in [-0.4, -0.2) is 47.3 Å². The summed E-state index contributed by atoms with van der Waals surface area (Å²) >= 11 is 0. The smallest absolute Gasteiger partial charge is 0.306 e. The SMILES string of the molecule is Nc1ccc(O[C@H]2OC[C@@H](OC(=O)CCC(=O)O)C[C@@H]2O)cc1. The minimum Gasteiger partial charge on any atom is -0.481 e. The molecule has 0 unspecified atom stereocenters. The van der Waals surface area contributed by atoms with Gasteiger partial charge in [0.05, 0.1) is 19.4 Å². The number of hydrogen-bond acceptors (Lipinski definition) is 7. The summed E-state index contributed by atoms with van der Waals surface area (Å²) < 4.78 is 15.9. The van der Waals surface area contributed by atoms with Gasteiger partial charge in [0.15, 0.2) is 0 Å². The number of carboxylic acids is 1. The molecule has 2 rings (SSSR count). The molecule has 1 heterocycles. The Bertz CT molecular complexity index is 545. The van der Waals surface area contributed by atoms with Gasteiger partial charge in [-0.3, -0.25) is 9.59 Å². The highest BCUT2D eigenvalue weighted by Gasteiger charge is 2.33. The molecule has 1 aromatic rings. The Balaban J connectivity index is 1.79. The summed E-state index contributed by atoms with van der Waals surface area (Å²) in [5, 5.41) is 18.5. The second kappa shape index (κ2) is 7.80. The quantitative estimate of drug-likeness (QED) is 0.510. The number of ether oxygens (including phenoxy) is 3. The molecule has 4 N–H and O–H groups in total. The summed E-state index contributed by atoms with van der Waals surface area (Å²) in [6, 6.07) is 6.64. The monoisotopic (exact) mass is 325 g/mol. The van der Waals surface area contributed by atoms with Crippen LogP contribution < -0.4 is 10.5 Å². The van der Waals surface area contributed by atoms with Gasteiger partial charge in [0.2, 0.25) is 6.29 Å². The molecule has 0 saturated carbocycles. The van der Waals surface area contributed by atoms with Crippen molar-refractivity contribution in [2.24, 2.45) is 0 Å². The first-order valence-corrected chi connectivity index (χ1v) is 7.17. The molecular formula is C15H19NO7. The average Bonchev–Trinajstić information content (AvgIpc) is 2.50. The lowest BCUT2D eigenvalue weighted by atomic mass is 10.1. The molecule has 8 heteroatoms. The summed E-state index contributed by atoms with van der Waals surface area (Å²) in [5.74, 6) is -1.20. The molecular weight excluding hydrogens is 306 g/mol. The van der Waals surface area contributed by atoms with E-state index in [1.54, 1.807) is 24.3 Å². The predicted molar refractivity (Wildman–Crippen MR) is 78.6 cm³/mol. The number of anilines is 1. The highest BCUT2D eigenvalue weighted by Crippen LogP contribution is 2.22. The van der Waals surface area contributed by atoms with E-state index in [1.807, 2.05) is 0 Å². The Morgan fingerprint density at radius 2 is 1.96 bits per heavy atom. The lowest BCUT2D eigenvalue weighted by molar-refractivity contribution is -0.209. The van der Waals surface area contributed by atoms with Crippen LogP contribution in [0.3, 0.4) is 0 Å². The zero-order chi connectivity index (χ0) is 16.8. The van der Waals surface area contributed by atoms with Crippen LogP contribution in [-0.2, 0) is 19.1 Å². The van der Waals surface area contributed by atoms with Gasteiger partial charge in [0, 0.05) is 12.1 Å². The van der Waals surface area contributed by atoms with Crippen LogP contribution in [0.25, 0.3) is 0 Å². The van der Waals surface area contributed by atoms with Crippen LogP contribution in [0.1, 0.15) is 19.3 Å². The van der Waals surface area contributed by atoms with Gasteiger partial charge in [-0.05, 0) is 24.3 Å². The summed E-state index contributed by atoms with van der Waals surface area (Å²) in [7, 11) is 0. The van der Waals surface area contributed by atoms with E-state index in [1.165, 1.54) is 0 Å². The number of aliphatic hydroxyl groups excluding tert-OH is 1. The molecule has 0 spiro atoms. The fourth-order valence-corrected chi connectivity index (χ4v) is 2.09. The second-order valence-electron chi connectivity index (χ2n) is 5.20. The molecule has 23 heavy (non-hydrogen) atoms. The van der Waals surface area contributed by atoms with E-state index in [0.717, 1.165) is 0 Å². The maximum absolute atomic E-state index is 11.5. The van der Waals surface area contributed by atoms with Crippen molar-refractivity contribution in [1.82, 2.24) is 0 Å². The van der Waals surface area contributed by atoms with Gasteiger partial charge >= 0.3 is 11.9 Å². The fourth-order valence-electron chi connectivity index (χ4n) is 2.09. The van der Waals surface area contributed by atoms with Crippen LogP contribution in [0.15, 0.2) is 24.3 Å². The minimum absolute atomic E-state index is 0.0650.